The second-order valence-corrected chi connectivity index (χ2v) is 4.09. The summed E-state index contributed by atoms with van der Waals surface area (Å²) in [6.07, 6.45) is -4.57. The van der Waals surface area contributed by atoms with Gasteiger partial charge in [0.15, 0.2) is 5.69 Å². The highest BCUT2D eigenvalue weighted by molar-refractivity contribution is 5.42. The molecule has 0 spiro atoms. The first-order valence-electron chi connectivity index (χ1n) is 5.33. The van der Waals surface area contributed by atoms with Crippen molar-refractivity contribution in [3.8, 4) is 0 Å². The summed E-state index contributed by atoms with van der Waals surface area (Å²) in [6.45, 7) is 3.40. The summed E-state index contributed by atoms with van der Waals surface area (Å²) in [7, 11) is 0. The minimum absolute atomic E-state index is 0.0115. The zero-order chi connectivity index (χ0) is 13.9. The molecule has 0 aliphatic rings. The predicted octanol–water partition coefficient (Wildman–Crippen LogP) is 1.51. The van der Waals surface area contributed by atoms with Gasteiger partial charge in [0.25, 0.3) is 0 Å². The summed E-state index contributed by atoms with van der Waals surface area (Å²) in [5.74, 6) is -0.589. The molecule has 1 rings (SSSR count). The van der Waals surface area contributed by atoms with Gasteiger partial charge in [-0.05, 0) is 12.8 Å². The quantitative estimate of drug-likeness (QED) is 0.767. The van der Waals surface area contributed by atoms with Crippen molar-refractivity contribution < 1.29 is 18.3 Å². The van der Waals surface area contributed by atoms with Crippen molar-refractivity contribution in [1.82, 2.24) is 9.97 Å². The van der Waals surface area contributed by atoms with Crippen LogP contribution in [0.1, 0.15) is 19.5 Å². The van der Waals surface area contributed by atoms with E-state index in [-0.39, 0.29) is 24.4 Å². The summed E-state index contributed by atoms with van der Waals surface area (Å²) in [6, 6.07) is 0.544. The van der Waals surface area contributed by atoms with E-state index in [1.807, 2.05) is 0 Å². The number of rotatable bonds is 4. The second-order valence-electron chi connectivity index (χ2n) is 4.09. The van der Waals surface area contributed by atoms with E-state index < -0.39 is 17.8 Å². The van der Waals surface area contributed by atoms with Gasteiger partial charge < -0.3 is 16.2 Å². The lowest BCUT2D eigenvalue weighted by Gasteiger charge is -2.20. The van der Waals surface area contributed by atoms with E-state index in [2.05, 4.69) is 15.3 Å². The Morgan fingerprint density at radius 3 is 2.50 bits per heavy atom. The van der Waals surface area contributed by atoms with Crippen molar-refractivity contribution in [2.24, 2.45) is 5.92 Å². The van der Waals surface area contributed by atoms with Gasteiger partial charge >= 0.3 is 6.18 Å². The number of alkyl halides is 3. The van der Waals surface area contributed by atoms with E-state index in [0.29, 0.717) is 0 Å². The Kier molecular flexibility index (Phi) is 4.33. The molecule has 2 unspecified atom stereocenters. The average Bonchev–Trinajstić information content (AvgIpc) is 2.25. The highest BCUT2D eigenvalue weighted by Crippen LogP contribution is 2.29. The van der Waals surface area contributed by atoms with Gasteiger partial charge in [0.1, 0.15) is 5.82 Å². The van der Waals surface area contributed by atoms with E-state index in [9.17, 15) is 13.2 Å². The first kappa shape index (κ1) is 14.5. The average molecular weight is 264 g/mol. The molecule has 0 bridgehead atoms. The van der Waals surface area contributed by atoms with Gasteiger partial charge in [0.05, 0.1) is 0 Å². The monoisotopic (exact) mass is 264 g/mol. The fourth-order valence-corrected chi connectivity index (χ4v) is 1.22. The number of nitrogens with one attached hydrogen (secondary N) is 1. The molecule has 4 N–H and O–H groups in total. The summed E-state index contributed by atoms with van der Waals surface area (Å²) in [4.78, 5) is 6.81. The second kappa shape index (κ2) is 5.38. The van der Waals surface area contributed by atoms with Crippen molar-refractivity contribution in [2.45, 2.75) is 26.1 Å². The molecule has 0 amide bonds. The molecule has 0 fully saturated rings. The van der Waals surface area contributed by atoms with Crippen LogP contribution in [0.25, 0.3) is 0 Å². The van der Waals surface area contributed by atoms with Crippen molar-refractivity contribution >= 4 is 11.8 Å². The number of aliphatic hydroxyl groups is 1. The normalized spacial score (nSPS) is 15.2. The minimum Gasteiger partial charge on any atom is -0.396 e. The Morgan fingerprint density at radius 2 is 2.00 bits per heavy atom. The Balaban J connectivity index is 2.94. The molecule has 0 aromatic carbocycles. The third-order valence-electron chi connectivity index (χ3n) is 2.55. The van der Waals surface area contributed by atoms with Crippen molar-refractivity contribution in [3.63, 3.8) is 0 Å². The van der Waals surface area contributed by atoms with Crippen LogP contribution in [0.4, 0.5) is 24.9 Å². The number of hydrogen-bond donors (Lipinski definition) is 3. The fraction of sp³-hybridized carbons (Fsp3) is 0.600. The highest BCUT2D eigenvalue weighted by atomic mass is 19.4. The molecule has 1 aromatic rings. The minimum atomic E-state index is -4.57. The molecule has 5 nitrogen and oxygen atoms in total. The lowest BCUT2D eigenvalue weighted by Crippen LogP contribution is -2.27. The standard InChI is InChI=1S/C10H15F3N4O/c1-5(4-18)6(2)15-8-3-7(10(11,12)13)16-9(14)17-8/h3,5-6,18H,4H2,1-2H3,(H3,14,15,16,17). The van der Waals surface area contributed by atoms with Gasteiger partial charge in [-0.2, -0.15) is 18.2 Å². The Morgan fingerprint density at radius 1 is 1.39 bits per heavy atom. The molecule has 0 saturated heterocycles. The van der Waals surface area contributed by atoms with Crippen LogP contribution in [-0.2, 0) is 6.18 Å². The number of nitrogens with two attached hydrogens (primary N) is 1. The van der Waals surface area contributed by atoms with Crippen LogP contribution in [0, 0.1) is 5.92 Å². The SMILES string of the molecule is CC(CO)C(C)Nc1cc(C(F)(F)F)nc(N)n1. The maximum atomic E-state index is 12.5. The smallest absolute Gasteiger partial charge is 0.396 e. The molecule has 0 radical (unpaired) electrons. The fourth-order valence-electron chi connectivity index (χ4n) is 1.22. The molecule has 18 heavy (non-hydrogen) atoms. The lowest BCUT2D eigenvalue weighted by atomic mass is 10.1. The van der Waals surface area contributed by atoms with E-state index in [1.54, 1.807) is 13.8 Å². The number of nitrogen functional groups attached to an aromatic ring is 1. The van der Waals surface area contributed by atoms with Gasteiger partial charge in [-0.15, -0.1) is 0 Å². The first-order chi connectivity index (χ1) is 8.24. The largest absolute Gasteiger partial charge is 0.433 e. The van der Waals surface area contributed by atoms with E-state index in [1.165, 1.54) is 0 Å². The predicted molar refractivity (Wildman–Crippen MR) is 60.8 cm³/mol. The van der Waals surface area contributed by atoms with Gasteiger partial charge in [0, 0.05) is 18.7 Å². The zero-order valence-electron chi connectivity index (χ0n) is 9.99. The molecule has 8 heteroatoms. The molecule has 2 atom stereocenters. The number of anilines is 2. The van der Waals surface area contributed by atoms with Gasteiger partial charge in [-0.1, -0.05) is 6.92 Å². The third-order valence-corrected chi connectivity index (χ3v) is 2.55. The van der Waals surface area contributed by atoms with Crippen LogP contribution in [0.2, 0.25) is 0 Å². The molecule has 0 saturated carbocycles. The molecular weight excluding hydrogens is 249 g/mol. The van der Waals surface area contributed by atoms with Crippen LogP contribution < -0.4 is 11.1 Å². The zero-order valence-corrected chi connectivity index (χ0v) is 9.99. The van der Waals surface area contributed by atoms with Gasteiger partial charge in [0.2, 0.25) is 5.95 Å². The van der Waals surface area contributed by atoms with E-state index >= 15 is 0 Å². The van der Waals surface area contributed by atoms with Crippen LogP contribution in [0.5, 0.6) is 0 Å². The first-order valence-corrected chi connectivity index (χ1v) is 5.33. The van der Waals surface area contributed by atoms with Crippen LogP contribution in [0.3, 0.4) is 0 Å². The summed E-state index contributed by atoms with van der Waals surface area (Å²) in [5, 5.41) is 11.7. The summed E-state index contributed by atoms with van der Waals surface area (Å²) < 4.78 is 37.5. The number of aliphatic hydroxyl groups excluding tert-OH is 1. The molecule has 102 valence electrons. The summed E-state index contributed by atoms with van der Waals surface area (Å²) >= 11 is 0. The topological polar surface area (TPSA) is 84.1 Å². The molecule has 1 aromatic heterocycles. The van der Waals surface area contributed by atoms with Crippen LogP contribution in [0.15, 0.2) is 6.07 Å². The lowest BCUT2D eigenvalue weighted by molar-refractivity contribution is -0.141. The molecule has 0 aliphatic heterocycles. The number of hydrogen-bond acceptors (Lipinski definition) is 5. The Bertz CT molecular complexity index is 411. The molecule has 1 heterocycles. The summed E-state index contributed by atoms with van der Waals surface area (Å²) in [5.41, 5.74) is 4.13. The van der Waals surface area contributed by atoms with E-state index in [0.717, 1.165) is 6.07 Å². The Hall–Kier alpha value is -1.57. The van der Waals surface area contributed by atoms with Gasteiger partial charge in [-0.25, -0.2) is 4.98 Å². The van der Waals surface area contributed by atoms with Crippen molar-refractivity contribution in [1.29, 1.82) is 0 Å². The molecular formula is C10H15F3N4O. The molecule has 0 aliphatic carbocycles. The number of nitrogens with zero attached hydrogens (tertiary/aromatic N) is 2. The maximum Gasteiger partial charge on any atom is 0.433 e. The van der Waals surface area contributed by atoms with Crippen LogP contribution >= 0.6 is 0 Å². The maximum absolute atomic E-state index is 12.5. The Labute approximate surface area is 102 Å². The highest BCUT2D eigenvalue weighted by Gasteiger charge is 2.33. The van der Waals surface area contributed by atoms with Crippen LogP contribution in [-0.4, -0.2) is 27.7 Å². The van der Waals surface area contributed by atoms with Crippen molar-refractivity contribution in [2.75, 3.05) is 17.7 Å². The van der Waals surface area contributed by atoms with E-state index in [4.69, 9.17) is 10.8 Å². The number of aromatic nitrogens is 2. The van der Waals surface area contributed by atoms with Gasteiger partial charge in [-0.3, -0.25) is 0 Å². The number of halogens is 3. The van der Waals surface area contributed by atoms with Crippen molar-refractivity contribution in [3.05, 3.63) is 11.8 Å². The third kappa shape index (κ3) is 3.73.